The fourth-order valence-electron chi connectivity index (χ4n) is 2.05. The normalized spacial score (nSPS) is 12.3. The van der Waals surface area contributed by atoms with E-state index in [1.165, 1.54) is 4.31 Å². The van der Waals surface area contributed by atoms with Crippen LogP contribution in [0.2, 0.25) is 0 Å². The molecule has 5 heteroatoms. The molecule has 114 valence electrons. The minimum Gasteiger partial charge on any atom is -0.314 e. The highest BCUT2D eigenvalue weighted by molar-refractivity contribution is 7.89. The van der Waals surface area contributed by atoms with Crippen LogP contribution in [0.15, 0.2) is 29.2 Å². The lowest BCUT2D eigenvalue weighted by atomic mass is 10.1. The molecule has 0 aliphatic rings. The summed E-state index contributed by atoms with van der Waals surface area (Å²) in [6.07, 6.45) is 0.907. The number of nitrogens with one attached hydrogen (secondary N) is 1. The van der Waals surface area contributed by atoms with Crippen molar-refractivity contribution in [2.24, 2.45) is 0 Å². The van der Waals surface area contributed by atoms with Gasteiger partial charge in [-0.1, -0.05) is 39.8 Å². The molecule has 1 aromatic rings. The van der Waals surface area contributed by atoms with Crippen molar-refractivity contribution in [3.63, 3.8) is 0 Å². The maximum atomic E-state index is 12.3. The summed E-state index contributed by atoms with van der Waals surface area (Å²) in [7, 11) is -3.33. The van der Waals surface area contributed by atoms with Crippen LogP contribution in [0.25, 0.3) is 0 Å². The third kappa shape index (κ3) is 4.58. The second kappa shape index (κ2) is 7.76. The highest BCUT2D eigenvalue weighted by atomic mass is 32.2. The van der Waals surface area contributed by atoms with Crippen molar-refractivity contribution in [3.8, 4) is 0 Å². The Hall–Kier alpha value is -0.910. The minimum atomic E-state index is -3.33. The lowest BCUT2D eigenvalue weighted by molar-refractivity contribution is 0.445. The Bertz CT molecular complexity index is 491. The van der Waals surface area contributed by atoms with E-state index in [0.717, 1.165) is 18.5 Å². The van der Waals surface area contributed by atoms with E-state index in [0.29, 0.717) is 24.0 Å². The van der Waals surface area contributed by atoms with Crippen LogP contribution in [0.5, 0.6) is 0 Å². The van der Waals surface area contributed by atoms with Crippen molar-refractivity contribution in [3.05, 3.63) is 29.8 Å². The number of nitrogens with zero attached hydrogens (tertiary/aromatic N) is 1. The van der Waals surface area contributed by atoms with Gasteiger partial charge in [-0.2, -0.15) is 4.31 Å². The molecule has 1 rings (SSSR count). The van der Waals surface area contributed by atoms with E-state index in [4.69, 9.17) is 0 Å². The van der Waals surface area contributed by atoms with Crippen LogP contribution in [0.4, 0.5) is 0 Å². The predicted molar refractivity (Wildman–Crippen MR) is 83.4 cm³/mol. The first-order chi connectivity index (χ1) is 9.41. The summed E-state index contributed by atoms with van der Waals surface area (Å²) in [5.74, 6) is 0. The summed E-state index contributed by atoms with van der Waals surface area (Å²) in [5.41, 5.74) is 1.15. The number of hydrogen-bond acceptors (Lipinski definition) is 3. The summed E-state index contributed by atoms with van der Waals surface area (Å²) in [5, 5.41) is 3.35. The van der Waals surface area contributed by atoms with E-state index < -0.39 is 10.0 Å². The van der Waals surface area contributed by atoms with E-state index in [-0.39, 0.29) is 0 Å². The van der Waals surface area contributed by atoms with Gasteiger partial charge in [0.15, 0.2) is 0 Å². The molecule has 1 N–H and O–H groups in total. The Morgan fingerprint density at radius 2 is 1.65 bits per heavy atom. The highest BCUT2D eigenvalue weighted by Gasteiger charge is 2.20. The summed E-state index contributed by atoms with van der Waals surface area (Å²) in [6, 6.07) is 7.69. The third-order valence-electron chi connectivity index (χ3n) is 3.23. The number of benzene rings is 1. The van der Waals surface area contributed by atoms with Crippen molar-refractivity contribution in [1.29, 1.82) is 0 Å². The molecule has 1 aromatic carbocycles. The minimum absolute atomic E-state index is 0.377. The Labute approximate surface area is 123 Å². The van der Waals surface area contributed by atoms with E-state index >= 15 is 0 Å². The largest absolute Gasteiger partial charge is 0.314 e. The maximum Gasteiger partial charge on any atom is 0.243 e. The summed E-state index contributed by atoms with van der Waals surface area (Å²) in [4.78, 5) is 0.377. The average Bonchev–Trinajstić information content (AvgIpc) is 2.40. The fraction of sp³-hybridized carbons (Fsp3) is 0.600. The van der Waals surface area contributed by atoms with Gasteiger partial charge < -0.3 is 5.32 Å². The Morgan fingerprint density at radius 3 is 2.10 bits per heavy atom. The summed E-state index contributed by atoms with van der Waals surface area (Å²) in [6.45, 7) is 9.83. The van der Waals surface area contributed by atoms with E-state index in [2.05, 4.69) is 19.2 Å². The van der Waals surface area contributed by atoms with Gasteiger partial charge in [0.25, 0.3) is 0 Å². The van der Waals surface area contributed by atoms with Gasteiger partial charge in [0, 0.05) is 19.1 Å². The lowest BCUT2D eigenvalue weighted by Crippen LogP contribution is -2.30. The number of sulfonamides is 1. The molecule has 0 radical (unpaired) electrons. The second-order valence-corrected chi connectivity index (χ2v) is 7.03. The molecule has 0 unspecified atom stereocenters. The molecule has 0 aromatic heterocycles. The zero-order valence-corrected chi connectivity index (χ0v) is 13.7. The van der Waals surface area contributed by atoms with E-state index in [1.807, 2.05) is 26.0 Å². The second-order valence-electron chi connectivity index (χ2n) is 5.09. The zero-order chi connectivity index (χ0) is 15.2. The number of hydrogen-bond donors (Lipinski definition) is 1. The molecule has 0 amide bonds. The molecular weight excluding hydrogens is 272 g/mol. The molecule has 0 atom stereocenters. The molecule has 20 heavy (non-hydrogen) atoms. The SMILES string of the molecule is CCN(CC)S(=O)(=O)c1ccc(CCNC(C)C)cc1. The van der Waals surface area contributed by atoms with Crippen molar-refractivity contribution >= 4 is 10.0 Å². The van der Waals surface area contributed by atoms with Crippen LogP contribution >= 0.6 is 0 Å². The molecule has 0 saturated carbocycles. The van der Waals surface area contributed by atoms with Crippen molar-refractivity contribution in [1.82, 2.24) is 9.62 Å². The van der Waals surface area contributed by atoms with Crippen LogP contribution in [0.1, 0.15) is 33.3 Å². The van der Waals surface area contributed by atoms with E-state index in [9.17, 15) is 8.42 Å². The molecule has 4 nitrogen and oxygen atoms in total. The molecule has 0 bridgehead atoms. The summed E-state index contributed by atoms with van der Waals surface area (Å²) >= 11 is 0. The van der Waals surface area contributed by atoms with Crippen LogP contribution in [-0.4, -0.2) is 38.4 Å². The van der Waals surface area contributed by atoms with Gasteiger partial charge in [-0.3, -0.25) is 0 Å². The monoisotopic (exact) mass is 298 g/mol. The molecular formula is C15H26N2O2S. The average molecular weight is 298 g/mol. The molecule has 0 fully saturated rings. The highest BCUT2D eigenvalue weighted by Crippen LogP contribution is 2.16. The quantitative estimate of drug-likeness (QED) is 0.801. The third-order valence-corrected chi connectivity index (χ3v) is 5.30. The van der Waals surface area contributed by atoms with Gasteiger partial charge >= 0.3 is 0 Å². The van der Waals surface area contributed by atoms with Crippen molar-refractivity contribution < 1.29 is 8.42 Å². The molecule has 0 heterocycles. The number of rotatable bonds is 8. The van der Waals surface area contributed by atoms with Gasteiger partial charge in [-0.25, -0.2) is 8.42 Å². The van der Waals surface area contributed by atoms with Gasteiger partial charge in [0.1, 0.15) is 0 Å². The lowest BCUT2D eigenvalue weighted by Gasteiger charge is -2.18. The zero-order valence-electron chi connectivity index (χ0n) is 12.9. The maximum absolute atomic E-state index is 12.3. The molecule has 0 spiro atoms. The summed E-state index contributed by atoms with van der Waals surface area (Å²) < 4.78 is 26.1. The standard InChI is InChI=1S/C15H26N2O2S/c1-5-17(6-2)20(18,19)15-9-7-14(8-10-15)11-12-16-13(3)4/h7-10,13,16H,5-6,11-12H2,1-4H3. The molecule has 0 aliphatic heterocycles. The van der Waals surface area contributed by atoms with Crippen LogP contribution < -0.4 is 5.32 Å². The van der Waals surface area contributed by atoms with Gasteiger partial charge in [-0.15, -0.1) is 0 Å². The Balaban J connectivity index is 2.75. The van der Waals surface area contributed by atoms with Crippen molar-refractivity contribution in [2.75, 3.05) is 19.6 Å². The van der Waals surface area contributed by atoms with Crippen LogP contribution in [0.3, 0.4) is 0 Å². The van der Waals surface area contributed by atoms with Gasteiger partial charge in [-0.05, 0) is 30.7 Å². The van der Waals surface area contributed by atoms with E-state index in [1.54, 1.807) is 12.1 Å². The first kappa shape index (κ1) is 17.1. The Morgan fingerprint density at radius 1 is 1.10 bits per heavy atom. The smallest absolute Gasteiger partial charge is 0.243 e. The first-order valence-corrected chi connectivity index (χ1v) is 8.68. The molecule has 0 saturated heterocycles. The van der Waals surface area contributed by atoms with Crippen LogP contribution in [0, 0.1) is 0 Å². The van der Waals surface area contributed by atoms with Crippen LogP contribution in [-0.2, 0) is 16.4 Å². The van der Waals surface area contributed by atoms with Crippen molar-refractivity contribution in [2.45, 2.75) is 45.1 Å². The topological polar surface area (TPSA) is 49.4 Å². The van der Waals surface area contributed by atoms with Gasteiger partial charge in [0.2, 0.25) is 10.0 Å². The first-order valence-electron chi connectivity index (χ1n) is 7.24. The Kier molecular flexibility index (Phi) is 6.65. The predicted octanol–water partition coefficient (Wildman–Crippen LogP) is 2.26. The fourth-order valence-corrected chi connectivity index (χ4v) is 3.50. The van der Waals surface area contributed by atoms with Gasteiger partial charge in [0.05, 0.1) is 4.90 Å². The molecule has 0 aliphatic carbocycles.